The fourth-order valence-corrected chi connectivity index (χ4v) is 4.31. The van der Waals surface area contributed by atoms with Crippen molar-refractivity contribution in [2.45, 2.75) is 13.0 Å². The number of carbonyl (C=O) groups is 1. The number of nitrogens with zero attached hydrogens (tertiary/aromatic N) is 2. The number of aromatic nitrogens is 2. The third-order valence-corrected chi connectivity index (χ3v) is 6.16. The number of methoxy groups -OCH3 is 1. The van der Waals surface area contributed by atoms with Crippen LogP contribution in [0.1, 0.15) is 33.2 Å². The Morgan fingerprint density at radius 3 is 2.29 bits per heavy atom. The van der Waals surface area contributed by atoms with Crippen molar-refractivity contribution in [2.24, 2.45) is 0 Å². The molecule has 1 unspecified atom stereocenters. The molecular formula is C25H20BrN3O2. The van der Waals surface area contributed by atoms with Gasteiger partial charge in [-0.2, -0.15) is 5.10 Å². The van der Waals surface area contributed by atoms with Gasteiger partial charge in [0.15, 0.2) is 0 Å². The number of amides is 1. The summed E-state index contributed by atoms with van der Waals surface area (Å²) in [4.78, 5) is 15.3. The van der Waals surface area contributed by atoms with Gasteiger partial charge in [0, 0.05) is 21.3 Å². The van der Waals surface area contributed by atoms with Crippen molar-refractivity contribution in [1.82, 2.24) is 10.2 Å². The molecule has 0 saturated heterocycles. The number of benzene rings is 3. The molecule has 5 rings (SSSR count). The third-order valence-electron chi connectivity index (χ3n) is 5.63. The second-order valence-corrected chi connectivity index (χ2v) is 8.47. The average Bonchev–Trinajstić information content (AvgIpc) is 3.34. The zero-order chi connectivity index (χ0) is 21.5. The Kier molecular flexibility index (Phi) is 4.87. The number of halogens is 1. The SMILES string of the molecule is COc1ccc(C2c3c(-c4ccc(Br)cc4)n[nH]c3C(=O)N2c2ccc(C)cc2)cc1. The molecule has 1 N–H and O–H groups in total. The molecule has 31 heavy (non-hydrogen) atoms. The highest BCUT2D eigenvalue weighted by Crippen LogP contribution is 2.45. The average molecular weight is 474 g/mol. The number of carbonyl (C=O) groups excluding carboxylic acids is 1. The van der Waals surface area contributed by atoms with Crippen LogP contribution in [0.15, 0.2) is 77.3 Å². The highest BCUT2D eigenvalue weighted by atomic mass is 79.9. The number of aromatic amines is 1. The fraction of sp³-hybridized carbons (Fsp3) is 0.120. The molecule has 5 nitrogen and oxygen atoms in total. The number of hydrogen-bond acceptors (Lipinski definition) is 3. The third kappa shape index (κ3) is 3.33. The van der Waals surface area contributed by atoms with E-state index in [9.17, 15) is 4.79 Å². The number of anilines is 1. The van der Waals surface area contributed by atoms with Gasteiger partial charge in [-0.05, 0) is 48.9 Å². The minimum atomic E-state index is -0.298. The molecule has 4 aromatic rings. The predicted molar refractivity (Wildman–Crippen MR) is 125 cm³/mol. The summed E-state index contributed by atoms with van der Waals surface area (Å²) in [6.45, 7) is 2.04. The minimum Gasteiger partial charge on any atom is -0.497 e. The van der Waals surface area contributed by atoms with Crippen LogP contribution < -0.4 is 9.64 Å². The Bertz CT molecular complexity index is 1250. The van der Waals surface area contributed by atoms with Crippen molar-refractivity contribution >= 4 is 27.5 Å². The van der Waals surface area contributed by atoms with Gasteiger partial charge in [-0.25, -0.2) is 0 Å². The molecular weight excluding hydrogens is 454 g/mol. The van der Waals surface area contributed by atoms with E-state index in [1.54, 1.807) is 7.11 Å². The summed E-state index contributed by atoms with van der Waals surface area (Å²) in [6, 6.07) is 23.5. The van der Waals surface area contributed by atoms with Gasteiger partial charge in [0.1, 0.15) is 11.4 Å². The number of rotatable bonds is 4. The van der Waals surface area contributed by atoms with E-state index >= 15 is 0 Å². The maximum Gasteiger partial charge on any atom is 0.277 e. The highest BCUT2D eigenvalue weighted by Gasteiger charge is 2.43. The minimum absolute atomic E-state index is 0.0875. The number of aryl methyl sites for hydroxylation is 1. The lowest BCUT2D eigenvalue weighted by atomic mass is 9.95. The Morgan fingerprint density at radius 1 is 0.968 bits per heavy atom. The molecule has 0 saturated carbocycles. The summed E-state index contributed by atoms with van der Waals surface area (Å²) >= 11 is 3.49. The molecule has 1 aromatic heterocycles. The first-order valence-corrected chi connectivity index (χ1v) is 10.7. The zero-order valence-electron chi connectivity index (χ0n) is 17.1. The summed E-state index contributed by atoms with van der Waals surface area (Å²) in [6.07, 6.45) is 0. The molecule has 0 fully saturated rings. The molecule has 0 bridgehead atoms. The topological polar surface area (TPSA) is 58.2 Å². The first-order chi connectivity index (χ1) is 15.1. The van der Waals surface area contributed by atoms with E-state index in [0.29, 0.717) is 5.69 Å². The normalized spacial score (nSPS) is 15.3. The van der Waals surface area contributed by atoms with Crippen molar-refractivity contribution in [1.29, 1.82) is 0 Å². The van der Waals surface area contributed by atoms with Crippen molar-refractivity contribution in [2.75, 3.05) is 12.0 Å². The van der Waals surface area contributed by atoms with Crippen molar-refractivity contribution in [3.8, 4) is 17.0 Å². The molecule has 6 heteroatoms. The van der Waals surface area contributed by atoms with Gasteiger partial charge >= 0.3 is 0 Å². The lowest BCUT2D eigenvalue weighted by Gasteiger charge is -2.26. The van der Waals surface area contributed by atoms with Gasteiger partial charge < -0.3 is 4.74 Å². The van der Waals surface area contributed by atoms with Crippen LogP contribution in [0.4, 0.5) is 5.69 Å². The summed E-state index contributed by atoms with van der Waals surface area (Å²) in [5.74, 6) is 0.686. The van der Waals surface area contributed by atoms with Crippen LogP contribution in [-0.2, 0) is 0 Å². The molecule has 0 spiro atoms. The number of ether oxygens (including phenoxy) is 1. The van der Waals surface area contributed by atoms with Crippen LogP contribution in [0.5, 0.6) is 5.75 Å². The van der Waals surface area contributed by atoms with E-state index in [4.69, 9.17) is 4.74 Å². The Labute approximate surface area is 188 Å². The predicted octanol–water partition coefficient (Wildman–Crippen LogP) is 5.91. The van der Waals surface area contributed by atoms with Crippen molar-refractivity contribution in [3.05, 3.63) is 99.7 Å². The monoisotopic (exact) mass is 473 g/mol. The lowest BCUT2D eigenvalue weighted by Crippen LogP contribution is -2.29. The van der Waals surface area contributed by atoms with E-state index in [2.05, 4.69) is 26.1 Å². The maximum atomic E-state index is 13.5. The van der Waals surface area contributed by atoms with E-state index in [-0.39, 0.29) is 11.9 Å². The summed E-state index contributed by atoms with van der Waals surface area (Å²) < 4.78 is 6.33. The second-order valence-electron chi connectivity index (χ2n) is 7.55. The quantitative estimate of drug-likeness (QED) is 0.400. The lowest BCUT2D eigenvalue weighted by molar-refractivity contribution is 0.0989. The Hall–Kier alpha value is -3.38. The molecule has 3 aromatic carbocycles. The highest BCUT2D eigenvalue weighted by molar-refractivity contribution is 9.10. The molecule has 1 aliphatic heterocycles. The molecule has 2 heterocycles. The van der Waals surface area contributed by atoms with E-state index in [1.165, 1.54) is 0 Å². The zero-order valence-corrected chi connectivity index (χ0v) is 18.7. The van der Waals surface area contributed by atoms with Gasteiger partial charge in [-0.15, -0.1) is 0 Å². The molecule has 1 atom stereocenters. The van der Waals surface area contributed by atoms with Crippen LogP contribution in [0.2, 0.25) is 0 Å². The summed E-state index contributed by atoms with van der Waals surface area (Å²) in [5.41, 5.74) is 6.14. The first kappa shape index (κ1) is 19.6. The largest absolute Gasteiger partial charge is 0.497 e. The summed E-state index contributed by atoms with van der Waals surface area (Å²) in [5, 5.41) is 7.53. The van der Waals surface area contributed by atoms with E-state index < -0.39 is 0 Å². The standard InChI is InChI=1S/C25H20BrN3O2/c1-15-3-11-19(12-4-15)29-24(17-7-13-20(31-2)14-8-17)21-22(27-28-23(21)25(29)30)16-5-9-18(26)10-6-16/h3-14,24H,1-2H3,(H,27,28). The molecule has 1 amide bonds. The molecule has 1 aliphatic rings. The maximum absolute atomic E-state index is 13.5. The summed E-state index contributed by atoms with van der Waals surface area (Å²) in [7, 11) is 1.65. The van der Waals surface area contributed by atoms with Crippen LogP contribution in [-0.4, -0.2) is 23.2 Å². The van der Waals surface area contributed by atoms with Crippen LogP contribution in [0.3, 0.4) is 0 Å². The van der Waals surface area contributed by atoms with E-state index in [0.717, 1.165) is 43.9 Å². The first-order valence-electron chi connectivity index (χ1n) is 9.95. The van der Waals surface area contributed by atoms with Crippen LogP contribution >= 0.6 is 15.9 Å². The number of hydrogen-bond donors (Lipinski definition) is 1. The van der Waals surface area contributed by atoms with Gasteiger partial charge in [0.05, 0.1) is 18.8 Å². The van der Waals surface area contributed by atoms with Crippen molar-refractivity contribution in [3.63, 3.8) is 0 Å². The molecule has 0 aliphatic carbocycles. The number of H-pyrrole nitrogens is 1. The number of fused-ring (bicyclic) bond motifs is 1. The smallest absolute Gasteiger partial charge is 0.277 e. The van der Waals surface area contributed by atoms with Gasteiger partial charge in [-0.1, -0.05) is 57.9 Å². The second kappa shape index (κ2) is 7.71. The Morgan fingerprint density at radius 2 is 1.65 bits per heavy atom. The Balaban J connectivity index is 1.70. The van der Waals surface area contributed by atoms with Crippen molar-refractivity contribution < 1.29 is 9.53 Å². The van der Waals surface area contributed by atoms with Gasteiger partial charge in [0.25, 0.3) is 5.91 Å². The fourth-order valence-electron chi connectivity index (χ4n) is 4.05. The molecule has 154 valence electrons. The number of nitrogens with one attached hydrogen (secondary N) is 1. The van der Waals surface area contributed by atoms with Gasteiger partial charge in [0.2, 0.25) is 0 Å². The van der Waals surface area contributed by atoms with Crippen LogP contribution in [0, 0.1) is 6.92 Å². The molecule has 0 radical (unpaired) electrons. The van der Waals surface area contributed by atoms with Crippen LogP contribution in [0.25, 0.3) is 11.3 Å². The van der Waals surface area contributed by atoms with Gasteiger partial charge in [-0.3, -0.25) is 14.8 Å². The van der Waals surface area contributed by atoms with E-state index in [1.807, 2.05) is 84.6 Å².